The lowest BCUT2D eigenvalue weighted by atomic mass is 9.83. The minimum absolute atomic E-state index is 0.0698. The number of amides is 3. The third kappa shape index (κ3) is 5.88. The number of aromatic carboxylic acids is 1. The molecule has 1 atom stereocenters. The van der Waals surface area contributed by atoms with Crippen molar-refractivity contribution in [2.45, 2.75) is 57.5 Å². The van der Waals surface area contributed by atoms with Crippen LogP contribution in [0.1, 0.15) is 67.3 Å². The van der Waals surface area contributed by atoms with Gasteiger partial charge in [-0.15, -0.1) is 0 Å². The van der Waals surface area contributed by atoms with Crippen LogP contribution in [0.15, 0.2) is 53.6 Å². The van der Waals surface area contributed by atoms with E-state index in [1.807, 2.05) is 24.3 Å². The lowest BCUT2D eigenvalue weighted by Crippen LogP contribution is -2.47. The summed E-state index contributed by atoms with van der Waals surface area (Å²) in [5, 5.41) is 18.1. The molecule has 9 heteroatoms. The lowest BCUT2D eigenvalue weighted by molar-refractivity contribution is -0.116. The second kappa shape index (κ2) is 11.8. The van der Waals surface area contributed by atoms with E-state index < -0.39 is 11.9 Å². The summed E-state index contributed by atoms with van der Waals surface area (Å²) in [6.07, 6.45) is 8.28. The number of carbonyl (C=O) groups excluding carboxylic acids is 2. The van der Waals surface area contributed by atoms with Crippen molar-refractivity contribution < 1.29 is 24.2 Å². The van der Waals surface area contributed by atoms with E-state index >= 15 is 0 Å². The van der Waals surface area contributed by atoms with E-state index in [0.29, 0.717) is 18.8 Å². The highest BCUT2D eigenvalue weighted by Gasteiger charge is 2.35. The maximum absolute atomic E-state index is 14.0. The van der Waals surface area contributed by atoms with Gasteiger partial charge in [0.2, 0.25) is 5.91 Å². The third-order valence-electron chi connectivity index (χ3n) is 7.49. The molecule has 2 aromatic carbocycles. The van der Waals surface area contributed by atoms with Crippen molar-refractivity contribution in [3.63, 3.8) is 0 Å². The van der Waals surface area contributed by atoms with Crippen molar-refractivity contribution in [1.29, 1.82) is 0 Å². The molecule has 1 unspecified atom stereocenters. The van der Waals surface area contributed by atoms with Crippen molar-refractivity contribution >= 4 is 35.0 Å². The van der Waals surface area contributed by atoms with Crippen molar-refractivity contribution in [2.24, 2.45) is 11.0 Å². The van der Waals surface area contributed by atoms with Gasteiger partial charge in [0.15, 0.2) is 0 Å². The van der Waals surface area contributed by atoms with E-state index in [-0.39, 0.29) is 30.2 Å². The van der Waals surface area contributed by atoms with Gasteiger partial charge in [-0.05, 0) is 56.4 Å². The topological polar surface area (TPSA) is 112 Å². The van der Waals surface area contributed by atoms with Gasteiger partial charge in [-0.1, -0.05) is 43.5 Å². The molecule has 1 aliphatic carbocycles. The van der Waals surface area contributed by atoms with Gasteiger partial charge in [0, 0.05) is 23.8 Å². The van der Waals surface area contributed by atoms with Gasteiger partial charge in [-0.2, -0.15) is 5.10 Å². The van der Waals surface area contributed by atoms with Gasteiger partial charge in [0.1, 0.15) is 6.54 Å². The zero-order chi connectivity index (χ0) is 26.5. The minimum Gasteiger partial charge on any atom is -0.478 e. The fraction of sp³-hybridized carbons (Fsp3) is 0.448. The molecule has 0 radical (unpaired) electrons. The number of rotatable bonds is 7. The number of nitrogens with zero attached hydrogens (tertiary/aromatic N) is 3. The number of hydrazone groups is 1. The van der Waals surface area contributed by atoms with Crippen LogP contribution in [0.3, 0.4) is 0 Å². The summed E-state index contributed by atoms with van der Waals surface area (Å²) < 4.78 is 5.98. The predicted octanol–water partition coefficient (Wildman–Crippen LogP) is 5.12. The van der Waals surface area contributed by atoms with E-state index in [2.05, 4.69) is 5.32 Å². The largest absolute Gasteiger partial charge is 0.478 e. The van der Waals surface area contributed by atoms with Crippen molar-refractivity contribution in [3.05, 3.63) is 59.7 Å². The Morgan fingerprint density at radius 2 is 1.79 bits per heavy atom. The molecule has 9 nitrogen and oxygen atoms in total. The highest BCUT2D eigenvalue weighted by Crippen LogP contribution is 2.34. The fourth-order valence-electron chi connectivity index (χ4n) is 5.57. The number of carbonyl (C=O) groups is 3. The number of benzene rings is 2. The van der Waals surface area contributed by atoms with E-state index in [1.165, 1.54) is 23.6 Å². The van der Waals surface area contributed by atoms with E-state index in [9.17, 15) is 19.5 Å². The second-order valence-electron chi connectivity index (χ2n) is 10.2. The number of anilines is 2. The van der Waals surface area contributed by atoms with Gasteiger partial charge in [-0.25, -0.2) is 14.6 Å². The molecule has 0 spiro atoms. The number of para-hydroxylation sites is 1. The van der Waals surface area contributed by atoms with E-state index in [0.717, 1.165) is 61.9 Å². The summed E-state index contributed by atoms with van der Waals surface area (Å²) in [6, 6.07) is 13.5. The Kier molecular flexibility index (Phi) is 8.03. The smallest absolute Gasteiger partial charge is 0.345 e. The van der Waals surface area contributed by atoms with Crippen LogP contribution in [-0.2, 0) is 9.53 Å². The number of urea groups is 1. The average Bonchev–Trinajstić information content (AvgIpc) is 3.05. The molecule has 2 fully saturated rings. The summed E-state index contributed by atoms with van der Waals surface area (Å²) in [6.45, 7) is 0.782. The van der Waals surface area contributed by atoms with Crippen LogP contribution in [0.5, 0.6) is 0 Å². The van der Waals surface area contributed by atoms with Crippen LogP contribution >= 0.6 is 0 Å². The first-order chi connectivity index (χ1) is 18.5. The summed E-state index contributed by atoms with van der Waals surface area (Å²) in [7, 11) is 0. The second-order valence-corrected chi connectivity index (χ2v) is 10.2. The Labute approximate surface area is 222 Å². The number of fused-ring (bicyclic) bond motifs is 1. The van der Waals surface area contributed by atoms with Crippen LogP contribution in [0.2, 0.25) is 0 Å². The van der Waals surface area contributed by atoms with Crippen LogP contribution in [0, 0.1) is 5.92 Å². The lowest BCUT2D eigenvalue weighted by Gasteiger charge is -2.31. The molecule has 200 valence electrons. The van der Waals surface area contributed by atoms with Crippen LogP contribution < -0.4 is 10.2 Å². The monoisotopic (exact) mass is 518 g/mol. The van der Waals surface area contributed by atoms with Gasteiger partial charge in [0.25, 0.3) is 0 Å². The standard InChI is InChI=1S/C29H34N4O5/c34-26(30-22-12-8-11-21(17-22)28(35)36)19-33-29(37)32(18-23-13-6-7-16-38-23)25-15-5-4-14-24(25)27(31-33)20-9-2-1-3-10-20/h4-5,8,11-12,14-15,17,20,23H,1-3,6-7,9-10,13,16,18-19H2,(H,30,34)(H,35,36). The molecule has 2 aromatic rings. The zero-order valence-electron chi connectivity index (χ0n) is 21.5. The highest BCUT2D eigenvalue weighted by molar-refractivity contribution is 6.12. The number of carboxylic acids is 1. The predicted molar refractivity (Wildman–Crippen MR) is 145 cm³/mol. The molecule has 38 heavy (non-hydrogen) atoms. The molecular weight excluding hydrogens is 484 g/mol. The summed E-state index contributed by atoms with van der Waals surface area (Å²) in [5.74, 6) is -1.32. The van der Waals surface area contributed by atoms with Crippen LogP contribution in [0.4, 0.5) is 16.2 Å². The molecule has 3 amide bonds. The fourth-order valence-corrected chi connectivity index (χ4v) is 5.57. The highest BCUT2D eigenvalue weighted by atomic mass is 16.5. The number of nitrogens with one attached hydrogen (secondary N) is 1. The molecule has 2 N–H and O–H groups in total. The summed E-state index contributed by atoms with van der Waals surface area (Å²) >= 11 is 0. The van der Waals surface area contributed by atoms with Crippen LogP contribution in [0.25, 0.3) is 0 Å². The Balaban J connectivity index is 1.45. The minimum atomic E-state index is -1.08. The SMILES string of the molecule is O=C(CN1N=C(C2CCCCC2)c2ccccc2N(CC2CCCCO2)C1=O)Nc1cccc(C(=O)O)c1. The third-order valence-corrected chi connectivity index (χ3v) is 7.49. The Hall–Kier alpha value is -3.72. The first-order valence-corrected chi connectivity index (χ1v) is 13.5. The average molecular weight is 519 g/mol. The van der Waals surface area contributed by atoms with Gasteiger partial charge < -0.3 is 15.2 Å². The van der Waals surface area contributed by atoms with Crippen molar-refractivity contribution in [3.8, 4) is 0 Å². The zero-order valence-corrected chi connectivity index (χ0v) is 21.5. The Bertz CT molecular complexity index is 1220. The summed E-state index contributed by atoms with van der Waals surface area (Å²) in [4.78, 5) is 40.1. The normalized spacial score (nSPS) is 20.4. The van der Waals surface area contributed by atoms with Gasteiger partial charge in [-0.3, -0.25) is 9.69 Å². The summed E-state index contributed by atoms with van der Waals surface area (Å²) in [5.41, 5.74) is 3.00. The Morgan fingerprint density at radius 3 is 2.55 bits per heavy atom. The maximum atomic E-state index is 14.0. The maximum Gasteiger partial charge on any atom is 0.345 e. The van der Waals surface area contributed by atoms with Crippen LogP contribution in [-0.4, -0.2) is 59.5 Å². The molecule has 0 bridgehead atoms. The van der Waals surface area contributed by atoms with E-state index in [1.54, 1.807) is 17.0 Å². The first-order valence-electron chi connectivity index (χ1n) is 13.5. The molecule has 3 aliphatic rings. The number of carboxylic acid groups (broad SMARTS) is 1. The van der Waals surface area contributed by atoms with Gasteiger partial charge >= 0.3 is 12.0 Å². The Morgan fingerprint density at radius 1 is 1.00 bits per heavy atom. The molecule has 5 rings (SSSR count). The quantitative estimate of drug-likeness (QED) is 0.529. The van der Waals surface area contributed by atoms with Crippen molar-refractivity contribution in [1.82, 2.24) is 5.01 Å². The molecule has 1 saturated carbocycles. The first kappa shape index (κ1) is 25.9. The molecule has 2 heterocycles. The number of ether oxygens (including phenoxy) is 1. The number of hydrogen-bond donors (Lipinski definition) is 2. The molecule has 2 aliphatic heterocycles. The van der Waals surface area contributed by atoms with Crippen molar-refractivity contribution in [2.75, 3.05) is 29.9 Å². The van der Waals surface area contributed by atoms with Gasteiger partial charge in [0.05, 0.1) is 29.6 Å². The molecule has 0 aromatic heterocycles. The number of hydrogen-bond acceptors (Lipinski definition) is 5. The molecule has 1 saturated heterocycles. The van der Waals surface area contributed by atoms with E-state index in [4.69, 9.17) is 9.84 Å². The molecular formula is C29H34N4O5.